The summed E-state index contributed by atoms with van der Waals surface area (Å²) < 4.78 is 7.73. The zero-order chi connectivity index (χ0) is 19.9. The third kappa shape index (κ3) is 3.82. The van der Waals surface area contributed by atoms with Crippen LogP contribution in [0.3, 0.4) is 0 Å². The standard InChI is InChI=1S/C22H32N4O2/c1-22(2,3)28-21(27)25-12-10-15(11-13-25)16-8-9-19-18(14-16)24-20(23)26(19)17-6-4-5-7-17/h8-9,14-15,17H,4-7,10-13H2,1-3H3,(H2,23,24). The molecule has 0 bridgehead atoms. The van der Waals surface area contributed by atoms with Gasteiger partial charge in [-0.05, 0) is 70.1 Å². The molecule has 2 aliphatic rings. The van der Waals surface area contributed by atoms with E-state index in [9.17, 15) is 4.79 Å². The summed E-state index contributed by atoms with van der Waals surface area (Å²) in [4.78, 5) is 18.8. The van der Waals surface area contributed by atoms with E-state index in [1.54, 1.807) is 0 Å². The van der Waals surface area contributed by atoms with Gasteiger partial charge in [0.2, 0.25) is 5.95 Å². The smallest absolute Gasteiger partial charge is 0.410 e. The van der Waals surface area contributed by atoms with Crippen LogP contribution in [-0.4, -0.2) is 39.2 Å². The maximum Gasteiger partial charge on any atom is 0.410 e. The van der Waals surface area contributed by atoms with E-state index in [-0.39, 0.29) is 6.09 Å². The largest absolute Gasteiger partial charge is 0.444 e. The van der Waals surface area contributed by atoms with Crippen molar-refractivity contribution in [3.8, 4) is 0 Å². The summed E-state index contributed by atoms with van der Waals surface area (Å²) in [6.07, 6.45) is 6.63. The first kappa shape index (κ1) is 19.1. The molecule has 2 N–H and O–H groups in total. The molecule has 0 radical (unpaired) electrons. The van der Waals surface area contributed by atoms with Crippen molar-refractivity contribution in [2.45, 2.75) is 76.9 Å². The molecule has 28 heavy (non-hydrogen) atoms. The second kappa shape index (κ2) is 7.30. The molecule has 6 heteroatoms. The lowest BCUT2D eigenvalue weighted by atomic mass is 9.89. The third-order valence-electron chi connectivity index (χ3n) is 6.05. The molecule has 2 aromatic rings. The first-order chi connectivity index (χ1) is 13.3. The van der Waals surface area contributed by atoms with E-state index in [1.807, 2.05) is 25.7 Å². The molecular weight excluding hydrogens is 352 g/mol. The summed E-state index contributed by atoms with van der Waals surface area (Å²) in [5.41, 5.74) is 9.26. The lowest BCUT2D eigenvalue weighted by Gasteiger charge is -2.33. The van der Waals surface area contributed by atoms with E-state index in [0.29, 0.717) is 17.9 Å². The summed E-state index contributed by atoms with van der Waals surface area (Å²) in [6, 6.07) is 7.10. The molecule has 1 aromatic heterocycles. The summed E-state index contributed by atoms with van der Waals surface area (Å²) in [6.45, 7) is 7.18. The van der Waals surface area contributed by atoms with Crippen LogP contribution in [-0.2, 0) is 4.74 Å². The number of aromatic nitrogens is 2. The minimum atomic E-state index is -0.447. The first-order valence-electron chi connectivity index (χ1n) is 10.6. The number of carbonyl (C=O) groups is 1. The molecule has 2 fully saturated rings. The van der Waals surface area contributed by atoms with Gasteiger partial charge < -0.3 is 19.9 Å². The molecule has 1 aromatic carbocycles. The minimum Gasteiger partial charge on any atom is -0.444 e. The van der Waals surface area contributed by atoms with Crippen LogP contribution >= 0.6 is 0 Å². The highest BCUT2D eigenvalue weighted by molar-refractivity contribution is 5.79. The fourth-order valence-corrected chi connectivity index (χ4v) is 4.66. The number of imidazole rings is 1. The van der Waals surface area contributed by atoms with Crippen molar-refractivity contribution >= 4 is 23.1 Å². The van der Waals surface area contributed by atoms with Gasteiger partial charge in [-0.3, -0.25) is 0 Å². The van der Waals surface area contributed by atoms with E-state index in [0.717, 1.165) is 37.0 Å². The molecular formula is C22H32N4O2. The molecule has 1 saturated carbocycles. The molecule has 1 aliphatic heterocycles. The molecule has 1 saturated heterocycles. The van der Waals surface area contributed by atoms with E-state index in [4.69, 9.17) is 10.5 Å². The van der Waals surface area contributed by atoms with Gasteiger partial charge in [0.05, 0.1) is 11.0 Å². The Hall–Kier alpha value is -2.24. The van der Waals surface area contributed by atoms with Crippen LogP contribution < -0.4 is 5.73 Å². The summed E-state index contributed by atoms with van der Waals surface area (Å²) in [5.74, 6) is 1.08. The number of nitrogen functional groups attached to an aromatic ring is 1. The van der Waals surface area contributed by atoms with Crippen LogP contribution in [0.25, 0.3) is 11.0 Å². The fraction of sp³-hybridized carbons (Fsp3) is 0.636. The predicted molar refractivity (Wildman–Crippen MR) is 111 cm³/mol. The second-order valence-corrected chi connectivity index (χ2v) is 9.27. The molecule has 4 rings (SSSR count). The van der Waals surface area contributed by atoms with Crippen LogP contribution in [0.2, 0.25) is 0 Å². The Morgan fingerprint density at radius 2 is 1.82 bits per heavy atom. The maximum atomic E-state index is 12.3. The monoisotopic (exact) mass is 384 g/mol. The highest BCUT2D eigenvalue weighted by Gasteiger charge is 2.28. The number of likely N-dealkylation sites (tertiary alicyclic amines) is 1. The number of fused-ring (bicyclic) bond motifs is 1. The topological polar surface area (TPSA) is 73.4 Å². The number of carbonyl (C=O) groups excluding carboxylic acids is 1. The Labute approximate surface area is 167 Å². The Kier molecular flexibility index (Phi) is 4.98. The van der Waals surface area contributed by atoms with Crippen LogP contribution in [0, 0.1) is 0 Å². The average molecular weight is 385 g/mol. The van der Waals surface area contributed by atoms with Crippen molar-refractivity contribution < 1.29 is 9.53 Å². The van der Waals surface area contributed by atoms with Crippen LogP contribution in [0.15, 0.2) is 18.2 Å². The Morgan fingerprint density at radius 1 is 1.14 bits per heavy atom. The summed E-state index contributed by atoms with van der Waals surface area (Å²) in [7, 11) is 0. The van der Waals surface area contributed by atoms with E-state index < -0.39 is 5.60 Å². The zero-order valence-corrected chi connectivity index (χ0v) is 17.3. The van der Waals surface area contributed by atoms with Gasteiger partial charge in [-0.1, -0.05) is 18.9 Å². The fourth-order valence-electron chi connectivity index (χ4n) is 4.66. The van der Waals surface area contributed by atoms with Crippen molar-refractivity contribution in [3.05, 3.63) is 23.8 Å². The molecule has 2 heterocycles. The minimum absolute atomic E-state index is 0.204. The van der Waals surface area contributed by atoms with E-state index >= 15 is 0 Å². The molecule has 0 atom stereocenters. The second-order valence-electron chi connectivity index (χ2n) is 9.27. The SMILES string of the molecule is CC(C)(C)OC(=O)N1CCC(c2ccc3c(c2)nc(N)n3C2CCCC2)CC1. The lowest BCUT2D eigenvalue weighted by molar-refractivity contribution is 0.0205. The number of anilines is 1. The van der Waals surface area contributed by atoms with Gasteiger partial charge in [-0.2, -0.15) is 0 Å². The maximum absolute atomic E-state index is 12.3. The third-order valence-corrected chi connectivity index (χ3v) is 6.05. The van der Waals surface area contributed by atoms with Crippen LogP contribution in [0.4, 0.5) is 10.7 Å². The number of piperidine rings is 1. The number of rotatable bonds is 2. The molecule has 152 valence electrons. The van der Waals surface area contributed by atoms with Crippen molar-refractivity contribution in [1.29, 1.82) is 0 Å². The van der Waals surface area contributed by atoms with Gasteiger partial charge >= 0.3 is 6.09 Å². The summed E-state index contributed by atoms with van der Waals surface area (Å²) in [5, 5.41) is 0. The number of hydrogen-bond donors (Lipinski definition) is 1. The number of benzene rings is 1. The quantitative estimate of drug-likeness (QED) is 0.803. The van der Waals surface area contributed by atoms with Gasteiger partial charge in [0.15, 0.2) is 0 Å². The molecule has 0 spiro atoms. The zero-order valence-electron chi connectivity index (χ0n) is 17.3. The van der Waals surface area contributed by atoms with E-state index in [2.05, 4.69) is 27.8 Å². The number of nitrogens with two attached hydrogens (primary N) is 1. The van der Waals surface area contributed by atoms with Crippen LogP contribution in [0.1, 0.15) is 76.8 Å². The number of amides is 1. The van der Waals surface area contributed by atoms with Crippen molar-refractivity contribution in [3.63, 3.8) is 0 Å². The molecule has 1 aliphatic carbocycles. The Balaban J connectivity index is 1.46. The number of nitrogens with zero attached hydrogens (tertiary/aromatic N) is 3. The Morgan fingerprint density at radius 3 is 2.46 bits per heavy atom. The Bertz CT molecular complexity index is 853. The number of hydrogen-bond acceptors (Lipinski definition) is 4. The van der Waals surface area contributed by atoms with Gasteiger partial charge in [-0.15, -0.1) is 0 Å². The number of ether oxygens (including phenoxy) is 1. The van der Waals surface area contributed by atoms with Crippen molar-refractivity contribution in [2.75, 3.05) is 18.8 Å². The van der Waals surface area contributed by atoms with Crippen molar-refractivity contribution in [2.24, 2.45) is 0 Å². The first-order valence-corrected chi connectivity index (χ1v) is 10.6. The van der Waals surface area contributed by atoms with Gasteiger partial charge in [-0.25, -0.2) is 9.78 Å². The van der Waals surface area contributed by atoms with E-state index in [1.165, 1.54) is 31.2 Å². The average Bonchev–Trinajstić information content (AvgIpc) is 3.26. The molecule has 6 nitrogen and oxygen atoms in total. The molecule has 0 unspecified atom stereocenters. The normalized spacial score (nSPS) is 19.5. The summed E-state index contributed by atoms with van der Waals surface area (Å²) >= 11 is 0. The van der Waals surface area contributed by atoms with Gasteiger partial charge in [0, 0.05) is 19.1 Å². The van der Waals surface area contributed by atoms with Gasteiger partial charge in [0.1, 0.15) is 5.60 Å². The predicted octanol–water partition coefficient (Wildman–Crippen LogP) is 4.85. The molecule has 1 amide bonds. The lowest BCUT2D eigenvalue weighted by Crippen LogP contribution is -2.41. The van der Waals surface area contributed by atoms with Crippen molar-refractivity contribution in [1.82, 2.24) is 14.5 Å². The highest BCUT2D eigenvalue weighted by Crippen LogP contribution is 2.36. The van der Waals surface area contributed by atoms with Gasteiger partial charge in [0.25, 0.3) is 0 Å². The van der Waals surface area contributed by atoms with Crippen LogP contribution in [0.5, 0.6) is 0 Å². The highest BCUT2D eigenvalue weighted by atomic mass is 16.6.